The van der Waals surface area contributed by atoms with Crippen molar-refractivity contribution in [3.8, 4) is 51.0 Å². The van der Waals surface area contributed by atoms with Gasteiger partial charge in [-0.2, -0.15) is 0 Å². The van der Waals surface area contributed by atoms with Crippen molar-refractivity contribution >= 4 is 80.0 Å². The van der Waals surface area contributed by atoms with E-state index in [1.807, 2.05) is 47.7 Å². The zero-order valence-electron chi connectivity index (χ0n) is 30.7. The van der Waals surface area contributed by atoms with Crippen molar-refractivity contribution in [2.75, 3.05) is 0 Å². The molecular weight excluding hydrogens is 733 g/mol. The van der Waals surface area contributed by atoms with Gasteiger partial charge >= 0.3 is 0 Å². The highest BCUT2D eigenvalue weighted by Gasteiger charge is 2.23. The number of allylic oxidation sites excluding steroid dienone is 1. The molecule has 0 spiro atoms. The average molecular weight is 765 g/mol. The minimum atomic E-state index is 0.659. The number of benzene rings is 7. The quantitative estimate of drug-likeness (QED) is 0.175. The summed E-state index contributed by atoms with van der Waals surface area (Å²) in [4.78, 5) is 15.4. The van der Waals surface area contributed by atoms with Gasteiger partial charge in [-0.15, -0.1) is 22.7 Å². The van der Waals surface area contributed by atoms with Crippen LogP contribution < -0.4 is 0 Å². The number of rotatable bonds is 5. The first-order valence-corrected chi connectivity index (χ1v) is 21.0. The molecule has 0 saturated carbocycles. The highest BCUT2D eigenvalue weighted by molar-refractivity contribution is 7.27. The Morgan fingerprint density at radius 1 is 0.474 bits per heavy atom. The average Bonchev–Trinajstić information content (AvgIpc) is 3.96. The summed E-state index contributed by atoms with van der Waals surface area (Å²) >= 11 is 3.71. The molecule has 268 valence electrons. The zero-order valence-corrected chi connectivity index (χ0v) is 32.3. The summed E-state index contributed by atoms with van der Waals surface area (Å²) in [5, 5.41) is 6.47. The fourth-order valence-electron chi connectivity index (χ4n) is 8.69. The van der Waals surface area contributed by atoms with Crippen LogP contribution in [-0.4, -0.2) is 19.5 Å². The van der Waals surface area contributed by atoms with E-state index < -0.39 is 0 Å². The SMILES string of the molecule is C1=Cc2c(n(-c3cccc(-c4cc(-c5nc(-c6ccccc6)nc(-c6ccccc6)n5)c5sc6ccccc6c5c4)c3)c3ccc4c5ccccc5sc4c23)CC1. The maximum atomic E-state index is 5.21. The summed E-state index contributed by atoms with van der Waals surface area (Å²) in [6.45, 7) is 0. The fourth-order valence-corrected chi connectivity index (χ4v) is 11.1. The molecular formula is C51H32N4S2. The monoisotopic (exact) mass is 764 g/mol. The predicted octanol–water partition coefficient (Wildman–Crippen LogP) is 14.2. The third kappa shape index (κ3) is 5.22. The largest absolute Gasteiger partial charge is 0.313 e. The van der Waals surface area contributed by atoms with Gasteiger partial charge in [0.1, 0.15) is 0 Å². The molecule has 0 radical (unpaired) electrons. The van der Waals surface area contributed by atoms with Gasteiger partial charge in [-0.25, -0.2) is 15.0 Å². The van der Waals surface area contributed by atoms with E-state index in [0.717, 1.165) is 40.7 Å². The predicted molar refractivity (Wildman–Crippen MR) is 242 cm³/mol. The standard InChI is InChI=1S/C51H32N4S2/c1-3-14-31(15-4-1)49-52-50(32-16-5-2-6-17-32)54-51(53-49)41-30-34(29-40-37-21-9-12-25-45(37)56-47(40)41)33-18-13-19-35(28-33)55-42-23-10-7-22-39(42)46-43(55)27-26-38-36-20-8-11-24-44(36)57-48(38)46/h1-9,11-22,24-30H,10,23H2. The van der Waals surface area contributed by atoms with E-state index >= 15 is 0 Å². The number of nitrogens with zero attached hydrogens (tertiary/aromatic N) is 4. The molecule has 6 heteroatoms. The van der Waals surface area contributed by atoms with Crippen LogP contribution in [0.2, 0.25) is 0 Å². The highest BCUT2D eigenvalue weighted by Crippen LogP contribution is 2.46. The van der Waals surface area contributed by atoms with Gasteiger partial charge in [0.15, 0.2) is 17.5 Å². The lowest BCUT2D eigenvalue weighted by atomic mass is 9.98. The third-order valence-electron chi connectivity index (χ3n) is 11.3. The molecule has 0 amide bonds. The van der Waals surface area contributed by atoms with Crippen molar-refractivity contribution in [2.24, 2.45) is 0 Å². The topological polar surface area (TPSA) is 43.6 Å². The summed E-state index contributed by atoms with van der Waals surface area (Å²) < 4.78 is 7.63. The summed E-state index contributed by atoms with van der Waals surface area (Å²) in [7, 11) is 0. The molecule has 57 heavy (non-hydrogen) atoms. The summed E-state index contributed by atoms with van der Waals surface area (Å²) in [5.74, 6) is 1.99. The van der Waals surface area contributed by atoms with Gasteiger partial charge in [0.25, 0.3) is 0 Å². The van der Waals surface area contributed by atoms with Crippen LogP contribution in [0.5, 0.6) is 0 Å². The molecule has 12 rings (SSSR count). The number of hydrogen-bond acceptors (Lipinski definition) is 5. The van der Waals surface area contributed by atoms with Gasteiger partial charge in [-0.05, 0) is 66.4 Å². The smallest absolute Gasteiger partial charge is 0.165 e. The number of aromatic nitrogens is 4. The van der Waals surface area contributed by atoms with Crippen molar-refractivity contribution in [3.63, 3.8) is 0 Å². The van der Waals surface area contributed by atoms with E-state index in [1.165, 1.54) is 68.2 Å². The maximum Gasteiger partial charge on any atom is 0.165 e. The minimum Gasteiger partial charge on any atom is -0.313 e. The van der Waals surface area contributed by atoms with Gasteiger partial charge in [0, 0.05) is 79.4 Å². The molecule has 0 atom stereocenters. The molecule has 1 aliphatic carbocycles. The Morgan fingerprint density at radius 2 is 1.11 bits per heavy atom. The third-order valence-corrected chi connectivity index (χ3v) is 13.7. The molecule has 0 bridgehead atoms. The summed E-state index contributed by atoms with van der Waals surface area (Å²) in [6.07, 6.45) is 6.73. The number of hydrogen-bond donors (Lipinski definition) is 0. The Balaban J connectivity index is 1.09. The lowest BCUT2D eigenvalue weighted by Gasteiger charge is -2.15. The summed E-state index contributed by atoms with van der Waals surface area (Å²) in [5.41, 5.74) is 10.4. The Morgan fingerprint density at radius 3 is 1.84 bits per heavy atom. The Hall–Kier alpha value is -6.73. The lowest BCUT2D eigenvalue weighted by Crippen LogP contribution is -2.03. The molecule has 4 heterocycles. The molecule has 7 aromatic carbocycles. The van der Waals surface area contributed by atoms with E-state index in [9.17, 15) is 0 Å². The second kappa shape index (κ2) is 12.9. The van der Waals surface area contributed by atoms with Crippen LogP contribution in [0.15, 0.2) is 164 Å². The molecule has 0 fully saturated rings. The Kier molecular flexibility index (Phi) is 7.37. The van der Waals surface area contributed by atoms with E-state index in [2.05, 4.69) is 138 Å². The second-order valence-corrected chi connectivity index (χ2v) is 16.8. The van der Waals surface area contributed by atoms with Crippen LogP contribution in [-0.2, 0) is 6.42 Å². The van der Waals surface area contributed by atoms with E-state index in [1.54, 1.807) is 11.3 Å². The summed E-state index contributed by atoms with van der Waals surface area (Å²) in [6, 6.07) is 56.3. The van der Waals surface area contributed by atoms with Gasteiger partial charge in [-0.3, -0.25) is 0 Å². The second-order valence-electron chi connectivity index (χ2n) is 14.7. The molecule has 0 aliphatic heterocycles. The lowest BCUT2D eigenvalue weighted by molar-refractivity contribution is 0.889. The highest BCUT2D eigenvalue weighted by atomic mass is 32.1. The number of fused-ring (bicyclic) bond motifs is 10. The first kappa shape index (κ1) is 32.5. The van der Waals surface area contributed by atoms with E-state index in [4.69, 9.17) is 15.0 Å². The molecule has 0 saturated heterocycles. The molecule has 0 N–H and O–H groups in total. The van der Waals surface area contributed by atoms with Gasteiger partial charge in [-0.1, -0.05) is 127 Å². The Labute approximate surface area is 336 Å². The molecule has 4 aromatic heterocycles. The van der Waals surface area contributed by atoms with Crippen molar-refractivity contribution in [2.45, 2.75) is 12.8 Å². The molecule has 0 unspecified atom stereocenters. The maximum absolute atomic E-state index is 5.21. The van der Waals surface area contributed by atoms with Crippen molar-refractivity contribution in [1.29, 1.82) is 0 Å². The molecule has 11 aromatic rings. The van der Waals surface area contributed by atoms with Crippen molar-refractivity contribution < 1.29 is 0 Å². The van der Waals surface area contributed by atoms with Crippen LogP contribution in [0.1, 0.15) is 17.7 Å². The van der Waals surface area contributed by atoms with Crippen LogP contribution in [0.4, 0.5) is 0 Å². The van der Waals surface area contributed by atoms with Crippen LogP contribution in [0, 0.1) is 0 Å². The van der Waals surface area contributed by atoms with Crippen molar-refractivity contribution in [3.05, 3.63) is 175 Å². The van der Waals surface area contributed by atoms with E-state index in [0.29, 0.717) is 17.5 Å². The molecule has 4 nitrogen and oxygen atoms in total. The van der Waals surface area contributed by atoms with Gasteiger partial charge in [0.05, 0.1) is 5.52 Å². The minimum absolute atomic E-state index is 0.659. The van der Waals surface area contributed by atoms with Crippen molar-refractivity contribution in [1.82, 2.24) is 19.5 Å². The van der Waals surface area contributed by atoms with Gasteiger partial charge in [0.2, 0.25) is 0 Å². The zero-order chi connectivity index (χ0) is 37.5. The van der Waals surface area contributed by atoms with Gasteiger partial charge < -0.3 is 4.57 Å². The molecule has 1 aliphatic rings. The van der Waals surface area contributed by atoms with Crippen LogP contribution in [0.25, 0.3) is 108 Å². The number of thiophene rings is 2. The first-order chi connectivity index (χ1) is 28.2. The van der Waals surface area contributed by atoms with E-state index in [-0.39, 0.29) is 0 Å². The van der Waals surface area contributed by atoms with Crippen LogP contribution >= 0.6 is 22.7 Å². The van der Waals surface area contributed by atoms with Crippen LogP contribution in [0.3, 0.4) is 0 Å². The Bertz CT molecular complexity index is 3350. The normalized spacial score (nSPS) is 12.7. The first-order valence-electron chi connectivity index (χ1n) is 19.3. The fraction of sp³-hybridized carbons (Fsp3) is 0.0392.